The van der Waals surface area contributed by atoms with E-state index in [1.165, 1.54) is 6.07 Å². The normalized spacial score (nSPS) is 11.2. The van der Waals surface area contributed by atoms with E-state index in [-0.39, 0.29) is 23.1 Å². The first-order chi connectivity index (χ1) is 12.5. The highest BCUT2D eigenvalue weighted by molar-refractivity contribution is 7.91. The van der Waals surface area contributed by atoms with Crippen molar-refractivity contribution < 1.29 is 22.7 Å². The molecule has 2 aromatic rings. The molecular formula is C17H22N2O5S2. The number of amides is 1. The summed E-state index contributed by atoms with van der Waals surface area (Å²) in [6, 6.07) is 8.35. The molecule has 26 heavy (non-hydrogen) atoms. The number of hydrogen-bond donors (Lipinski definition) is 2. The largest absolute Gasteiger partial charge is 0.494 e. The van der Waals surface area contributed by atoms with Crippen LogP contribution in [-0.4, -0.2) is 34.1 Å². The maximum atomic E-state index is 12.2. The zero-order valence-electron chi connectivity index (χ0n) is 14.7. The van der Waals surface area contributed by atoms with Crippen LogP contribution >= 0.6 is 11.3 Å². The van der Waals surface area contributed by atoms with Gasteiger partial charge >= 0.3 is 0 Å². The first kappa shape index (κ1) is 20.2. The van der Waals surface area contributed by atoms with Crippen molar-refractivity contribution in [2.24, 2.45) is 0 Å². The molecule has 2 N–H and O–H groups in total. The van der Waals surface area contributed by atoms with E-state index in [1.54, 1.807) is 29.6 Å². The Kier molecular flexibility index (Phi) is 7.43. The topological polar surface area (TPSA) is 93.7 Å². The summed E-state index contributed by atoms with van der Waals surface area (Å²) in [6.45, 7) is 4.68. The van der Waals surface area contributed by atoms with Crippen LogP contribution in [0.1, 0.15) is 20.3 Å². The Balaban J connectivity index is 1.95. The average Bonchev–Trinajstić information content (AvgIpc) is 3.13. The Bertz CT molecular complexity index is 820. The fraction of sp³-hybridized carbons (Fsp3) is 0.353. The maximum Gasteiger partial charge on any atom is 0.250 e. The third kappa shape index (κ3) is 5.72. The smallest absolute Gasteiger partial charge is 0.250 e. The molecule has 0 radical (unpaired) electrons. The summed E-state index contributed by atoms with van der Waals surface area (Å²) < 4.78 is 37.6. The van der Waals surface area contributed by atoms with Crippen LogP contribution in [0.2, 0.25) is 0 Å². The fourth-order valence-electron chi connectivity index (χ4n) is 2.14. The Morgan fingerprint density at radius 1 is 1.15 bits per heavy atom. The lowest BCUT2D eigenvalue weighted by Crippen LogP contribution is -2.27. The fourth-order valence-corrected chi connectivity index (χ4v) is 4.21. The summed E-state index contributed by atoms with van der Waals surface area (Å²) >= 11 is 1.12. The molecule has 0 spiro atoms. The molecule has 142 valence electrons. The van der Waals surface area contributed by atoms with Crippen LogP contribution in [0, 0.1) is 0 Å². The molecule has 1 amide bonds. The van der Waals surface area contributed by atoms with E-state index in [4.69, 9.17) is 9.47 Å². The van der Waals surface area contributed by atoms with Crippen LogP contribution in [0.15, 0.2) is 39.9 Å². The van der Waals surface area contributed by atoms with E-state index < -0.39 is 10.0 Å². The molecule has 7 nitrogen and oxygen atoms in total. The van der Waals surface area contributed by atoms with Crippen molar-refractivity contribution in [2.75, 3.05) is 25.1 Å². The van der Waals surface area contributed by atoms with Crippen molar-refractivity contribution >= 4 is 33.0 Å². The SMILES string of the molecule is CCOc1ccc(OCC)c(NC(=O)CCNS(=O)(=O)c2cccs2)c1. The number of ether oxygens (including phenoxy) is 2. The minimum Gasteiger partial charge on any atom is -0.494 e. The van der Waals surface area contributed by atoms with E-state index in [9.17, 15) is 13.2 Å². The van der Waals surface area contributed by atoms with Gasteiger partial charge in [0.05, 0.1) is 18.9 Å². The van der Waals surface area contributed by atoms with Gasteiger partial charge in [0.1, 0.15) is 15.7 Å². The molecule has 0 saturated carbocycles. The van der Waals surface area contributed by atoms with E-state index in [2.05, 4.69) is 10.0 Å². The zero-order valence-corrected chi connectivity index (χ0v) is 16.3. The summed E-state index contributed by atoms with van der Waals surface area (Å²) in [7, 11) is -3.57. The molecule has 0 aliphatic carbocycles. The number of rotatable bonds is 10. The molecule has 1 aromatic heterocycles. The van der Waals surface area contributed by atoms with Crippen LogP contribution in [0.4, 0.5) is 5.69 Å². The van der Waals surface area contributed by atoms with Crippen LogP contribution < -0.4 is 19.5 Å². The molecule has 0 aliphatic rings. The monoisotopic (exact) mass is 398 g/mol. The van der Waals surface area contributed by atoms with Gasteiger partial charge in [-0.3, -0.25) is 4.79 Å². The van der Waals surface area contributed by atoms with Gasteiger partial charge in [0.25, 0.3) is 0 Å². The molecule has 9 heteroatoms. The van der Waals surface area contributed by atoms with Gasteiger partial charge in [0.15, 0.2) is 0 Å². The van der Waals surface area contributed by atoms with E-state index in [1.807, 2.05) is 13.8 Å². The van der Waals surface area contributed by atoms with Crippen molar-refractivity contribution in [3.8, 4) is 11.5 Å². The number of sulfonamides is 1. The standard InChI is InChI=1S/C17H22N2O5S2/c1-3-23-13-7-8-15(24-4-2)14(12-13)19-16(20)9-10-18-26(21,22)17-6-5-11-25-17/h5-8,11-12,18H,3-4,9-10H2,1-2H3,(H,19,20). The van der Waals surface area contributed by atoms with Crippen molar-refractivity contribution in [3.63, 3.8) is 0 Å². The number of benzene rings is 1. The average molecular weight is 399 g/mol. The number of carbonyl (C=O) groups excluding carboxylic acids is 1. The number of hydrogen-bond acceptors (Lipinski definition) is 6. The molecular weight excluding hydrogens is 376 g/mol. The number of anilines is 1. The highest BCUT2D eigenvalue weighted by Crippen LogP contribution is 2.29. The second-order valence-corrected chi connectivity index (χ2v) is 8.09. The van der Waals surface area contributed by atoms with Gasteiger partial charge in [-0.15, -0.1) is 11.3 Å². The summed E-state index contributed by atoms with van der Waals surface area (Å²) in [4.78, 5) is 12.2. The van der Waals surface area contributed by atoms with Crippen molar-refractivity contribution in [3.05, 3.63) is 35.7 Å². The lowest BCUT2D eigenvalue weighted by Gasteiger charge is -2.13. The summed E-state index contributed by atoms with van der Waals surface area (Å²) in [6.07, 6.45) is -0.00493. The predicted molar refractivity (Wildman–Crippen MR) is 102 cm³/mol. The van der Waals surface area contributed by atoms with Gasteiger partial charge in [-0.2, -0.15) is 0 Å². The van der Waals surface area contributed by atoms with Gasteiger partial charge < -0.3 is 14.8 Å². The Morgan fingerprint density at radius 3 is 2.58 bits per heavy atom. The van der Waals surface area contributed by atoms with Crippen LogP contribution in [0.3, 0.4) is 0 Å². The Labute approximate surface area is 157 Å². The maximum absolute atomic E-state index is 12.2. The van der Waals surface area contributed by atoms with Crippen molar-refractivity contribution in [2.45, 2.75) is 24.5 Å². The quantitative estimate of drug-likeness (QED) is 0.642. The van der Waals surface area contributed by atoms with Crippen LogP contribution in [-0.2, 0) is 14.8 Å². The van der Waals surface area contributed by atoms with E-state index >= 15 is 0 Å². The third-order valence-corrected chi connectivity index (χ3v) is 6.10. The molecule has 2 rings (SSSR count). The summed E-state index contributed by atoms with van der Waals surface area (Å²) in [5, 5.41) is 4.42. The van der Waals surface area contributed by atoms with Crippen molar-refractivity contribution in [1.82, 2.24) is 4.72 Å². The van der Waals surface area contributed by atoms with Crippen LogP contribution in [0.5, 0.6) is 11.5 Å². The van der Waals surface area contributed by atoms with Crippen molar-refractivity contribution in [1.29, 1.82) is 0 Å². The Morgan fingerprint density at radius 2 is 1.92 bits per heavy atom. The minimum absolute atomic E-state index is 0.00118. The molecule has 0 saturated heterocycles. The van der Waals surface area contributed by atoms with Gasteiger partial charge in [-0.05, 0) is 37.4 Å². The second kappa shape index (κ2) is 9.56. The second-order valence-electron chi connectivity index (χ2n) is 5.15. The van der Waals surface area contributed by atoms with E-state index in [0.29, 0.717) is 30.4 Å². The molecule has 0 bridgehead atoms. The highest BCUT2D eigenvalue weighted by atomic mass is 32.2. The molecule has 0 unspecified atom stereocenters. The van der Waals surface area contributed by atoms with Crippen LogP contribution in [0.25, 0.3) is 0 Å². The summed E-state index contributed by atoms with van der Waals surface area (Å²) in [5.41, 5.74) is 0.490. The third-order valence-electron chi connectivity index (χ3n) is 3.24. The Hall–Kier alpha value is -2.10. The zero-order chi connectivity index (χ0) is 19.0. The van der Waals surface area contributed by atoms with Gasteiger partial charge in [0.2, 0.25) is 15.9 Å². The molecule has 1 aromatic carbocycles. The van der Waals surface area contributed by atoms with E-state index in [0.717, 1.165) is 11.3 Å². The molecule has 1 heterocycles. The molecule has 0 aliphatic heterocycles. The summed E-state index contributed by atoms with van der Waals surface area (Å²) in [5.74, 6) is 0.821. The number of carbonyl (C=O) groups is 1. The lowest BCUT2D eigenvalue weighted by molar-refractivity contribution is -0.116. The molecule has 0 fully saturated rings. The number of thiophene rings is 1. The molecule has 0 atom stereocenters. The predicted octanol–water partition coefficient (Wildman–Crippen LogP) is 2.85. The first-order valence-corrected chi connectivity index (χ1v) is 10.5. The van der Waals surface area contributed by atoms with Gasteiger partial charge in [-0.25, -0.2) is 13.1 Å². The minimum atomic E-state index is -3.57. The van der Waals surface area contributed by atoms with Gasteiger partial charge in [0, 0.05) is 19.0 Å². The number of nitrogens with one attached hydrogen (secondary N) is 2. The van der Waals surface area contributed by atoms with Gasteiger partial charge in [-0.1, -0.05) is 6.07 Å². The lowest BCUT2D eigenvalue weighted by atomic mass is 10.2. The highest BCUT2D eigenvalue weighted by Gasteiger charge is 2.15. The first-order valence-electron chi connectivity index (χ1n) is 8.19.